The van der Waals surface area contributed by atoms with Crippen molar-refractivity contribution in [2.24, 2.45) is 0 Å². The van der Waals surface area contributed by atoms with Gasteiger partial charge in [-0.2, -0.15) is 0 Å². The van der Waals surface area contributed by atoms with Crippen molar-refractivity contribution >= 4 is 75.0 Å². The Morgan fingerprint density at radius 1 is 0.525 bits per heavy atom. The zero-order chi connectivity index (χ0) is 26.2. The van der Waals surface area contributed by atoms with Gasteiger partial charge in [-0.1, -0.05) is 84.9 Å². The summed E-state index contributed by atoms with van der Waals surface area (Å²) in [4.78, 5) is 5.30. The number of benzene rings is 6. The molecule has 2 nitrogen and oxygen atoms in total. The quantitative estimate of drug-likeness (QED) is 0.205. The van der Waals surface area contributed by atoms with Gasteiger partial charge >= 0.3 is 0 Å². The Kier molecular flexibility index (Phi) is 4.52. The maximum Gasteiger partial charge on any atom is 0.0971 e. The molecule has 0 N–H and O–H groups in total. The molecule has 3 aromatic heterocycles. The molecule has 0 saturated carbocycles. The molecule has 186 valence electrons. The van der Waals surface area contributed by atoms with Crippen molar-refractivity contribution in [3.8, 4) is 16.9 Å². The SMILES string of the molecule is c1ccc(-c2ccc3c(n2)c2ccc4sc5ccccc5c4c2n3-c2cccc3cc4ccccc4cc23)cc1. The molecular formula is C37H22N2S. The number of aromatic nitrogens is 2. The lowest BCUT2D eigenvalue weighted by Crippen LogP contribution is -1.96. The van der Waals surface area contributed by atoms with Crippen molar-refractivity contribution in [2.75, 3.05) is 0 Å². The van der Waals surface area contributed by atoms with Crippen LogP contribution in [0.5, 0.6) is 0 Å². The van der Waals surface area contributed by atoms with Gasteiger partial charge in [0.25, 0.3) is 0 Å². The fraction of sp³-hybridized carbons (Fsp3) is 0. The van der Waals surface area contributed by atoms with Crippen LogP contribution in [0.2, 0.25) is 0 Å². The summed E-state index contributed by atoms with van der Waals surface area (Å²) in [6, 6.07) is 48.1. The first-order valence-electron chi connectivity index (χ1n) is 13.6. The highest BCUT2D eigenvalue weighted by Crippen LogP contribution is 2.44. The van der Waals surface area contributed by atoms with E-state index in [0.717, 1.165) is 22.3 Å². The molecule has 0 bridgehead atoms. The van der Waals surface area contributed by atoms with Crippen molar-refractivity contribution in [3.05, 3.63) is 133 Å². The van der Waals surface area contributed by atoms with Crippen LogP contribution in [0, 0.1) is 0 Å². The lowest BCUT2D eigenvalue weighted by atomic mass is 10.0. The van der Waals surface area contributed by atoms with E-state index in [1.165, 1.54) is 58.3 Å². The highest BCUT2D eigenvalue weighted by atomic mass is 32.1. The van der Waals surface area contributed by atoms with Gasteiger partial charge in [-0.15, -0.1) is 11.3 Å². The maximum atomic E-state index is 5.30. The number of hydrogen-bond acceptors (Lipinski definition) is 2. The summed E-state index contributed by atoms with van der Waals surface area (Å²) >= 11 is 1.86. The summed E-state index contributed by atoms with van der Waals surface area (Å²) in [6.07, 6.45) is 0. The topological polar surface area (TPSA) is 17.8 Å². The first-order chi connectivity index (χ1) is 19.8. The van der Waals surface area contributed by atoms with Gasteiger partial charge < -0.3 is 4.57 Å². The molecule has 0 aliphatic rings. The average Bonchev–Trinajstić information content (AvgIpc) is 3.55. The molecule has 40 heavy (non-hydrogen) atoms. The molecule has 3 heteroatoms. The normalized spacial score (nSPS) is 12.0. The van der Waals surface area contributed by atoms with Crippen LogP contribution in [0.3, 0.4) is 0 Å². The van der Waals surface area contributed by atoms with E-state index in [0.29, 0.717) is 0 Å². The molecule has 0 aliphatic carbocycles. The Hall–Kier alpha value is -4.99. The third kappa shape index (κ3) is 3.07. The molecule has 0 unspecified atom stereocenters. The summed E-state index contributed by atoms with van der Waals surface area (Å²) in [5, 5.41) is 8.77. The predicted octanol–water partition coefficient (Wildman–Crippen LogP) is 10.5. The largest absolute Gasteiger partial charge is 0.306 e. The summed E-state index contributed by atoms with van der Waals surface area (Å²) in [6.45, 7) is 0. The lowest BCUT2D eigenvalue weighted by molar-refractivity contribution is 1.20. The van der Waals surface area contributed by atoms with Crippen LogP contribution in [0.1, 0.15) is 0 Å². The number of pyridine rings is 1. The molecule has 0 fully saturated rings. The van der Waals surface area contributed by atoms with Crippen LogP contribution in [-0.2, 0) is 0 Å². The highest BCUT2D eigenvalue weighted by molar-refractivity contribution is 7.26. The van der Waals surface area contributed by atoms with Gasteiger partial charge in [0, 0.05) is 36.5 Å². The number of nitrogens with zero attached hydrogens (tertiary/aromatic N) is 2. The van der Waals surface area contributed by atoms with Gasteiger partial charge in [-0.05, 0) is 64.7 Å². The van der Waals surface area contributed by atoms with E-state index in [4.69, 9.17) is 4.98 Å². The van der Waals surface area contributed by atoms with Crippen LogP contribution in [-0.4, -0.2) is 9.55 Å². The molecule has 3 heterocycles. The molecule has 9 aromatic rings. The van der Waals surface area contributed by atoms with E-state index >= 15 is 0 Å². The predicted molar refractivity (Wildman–Crippen MR) is 172 cm³/mol. The number of thiophene rings is 1. The summed E-state index contributed by atoms with van der Waals surface area (Å²) in [5.41, 5.74) is 6.68. The first kappa shape index (κ1) is 21.9. The minimum atomic E-state index is 0.992. The highest BCUT2D eigenvalue weighted by Gasteiger charge is 2.20. The van der Waals surface area contributed by atoms with E-state index < -0.39 is 0 Å². The molecule has 0 saturated heterocycles. The second-order valence-corrected chi connectivity index (χ2v) is 11.5. The monoisotopic (exact) mass is 526 g/mol. The second kappa shape index (κ2) is 8.25. The average molecular weight is 527 g/mol. The Morgan fingerprint density at radius 3 is 2.20 bits per heavy atom. The molecule has 0 spiro atoms. The van der Waals surface area contributed by atoms with Crippen molar-refractivity contribution in [1.82, 2.24) is 9.55 Å². The summed E-state index contributed by atoms with van der Waals surface area (Å²) < 4.78 is 5.07. The maximum absolute atomic E-state index is 5.30. The second-order valence-electron chi connectivity index (χ2n) is 10.4. The van der Waals surface area contributed by atoms with E-state index in [-0.39, 0.29) is 0 Å². The van der Waals surface area contributed by atoms with Crippen molar-refractivity contribution in [3.63, 3.8) is 0 Å². The Labute approximate surface area is 234 Å². The van der Waals surface area contributed by atoms with Gasteiger partial charge in [0.2, 0.25) is 0 Å². The Balaban J connectivity index is 1.49. The van der Waals surface area contributed by atoms with Crippen LogP contribution < -0.4 is 0 Å². The van der Waals surface area contributed by atoms with Crippen molar-refractivity contribution < 1.29 is 0 Å². The van der Waals surface area contributed by atoms with Gasteiger partial charge in [-0.25, -0.2) is 4.98 Å². The van der Waals surface area contributed by atoms with E-state index in [2.05, 4.69) is 138 Å². The van der Waals surface area contributed by atoms with Gasteiger partial charge in [0.05, 0.1) is 27.9 Å². The van der Waals surface area contributed by atoms with Crippen LogP contribution >= 0.6 is 11.3 Å². The molecule has 0 aliphatic heterocycles. The van der Waals surface area contributed by atoms with E-state index in [9.17, 15) is 0 Å². The molecule has 9 rings (SSSR count). The fourth-order valence-electron chi connectivity index (χ4n) is 6.34. The van der Waals surface area contributed by atoms with Crippen LogP contribution in [0.4, 0.5) is 0 Å². The van der Waals surface area contributed by atoms with E-state index in [1.54, 1.807) is 0 Å². The van der Waals surface area contributed by atoms with Crippen LogP contribution in [0.25, 0.3) is 80.6 Å². The van der Waals surface area contributed by atoms with Crippen molar-refractivity contribution in [2.45, 2.75) is 0 Å². The number of hydrogen-bond donors (Lipinski definition) is 0. The molecular weight excluding hydrogens is 504 g/mol. The van der Waals surface area contributed by atoms with Gasteiger partial charge in [0.1, 0.15) is 0 Å². The first-order valence-corrected chi connectivity index (χ1v) is 14.4. The van der Waals surface area contributed by atoms with Gasteiger partial charge in [-0.3, -0.25) is 0 Å². The molecule has 0 radical (unpaired) electrons. The summed E-state index contributed by atoms with van der Waals surface area (Å²) in [5.74, 6) is 0. The van der Waals surface area contributed by atoms with Gasteiger partial charge in [0.15, 0.2) is 0 Å². The van der Waals surface area contributed by atoms with E-state index in [1.807, 2.05) is 11.3 Å². The molecule has 0 atom stereocenters. The molecule has 0 amide bonds. The minimum Gasteiger partial charge on any atom is -0.306 e. The Bertz CT molecular complexity index is 2430. The van der Waals surface area contributed by atoms with Crippen LogP contribution in [0.15, 0.2) is 133 Å². The standard InChI is InChI=1S/C37H22N2S/c1-2-9-23(10-3-1)30-18-19-32-36(38-30)28-17-20-34-35(27-14-6-7-16-33(27)40-34)37(28)39(32)31-15-8-13-26-21-24-11-4-5-12-25(24)22-29(26)31/h1-22H. The zero-order valence-corrected chi connectivity index (χ0v) is 22.3. The smallest absolute Gasteiger partial charge is 0.0971 e. The summed E-state index contributed by atoms with van der Waals surface area (Å²) in [7, 11) is 0. The number of fused-ring (bicyclic) bond motifs is 9. The Morgan fingerprint density at radius 2 is 1.30 bits per heavy atom. The number of rotatable bonds is 2. The molecule has 6 aromatic carbocycles. The third-order valence-corrected chi connectivity index (χ3v) is 9.28. The minimum absolute atomic E-state index is 0.992. The third-order valence-electron chi connectivity index (χ3n) is 8.14. The van der Waals surface area contributed by atoms with Crippen molar-refractivity contribution in [1.29, 1.82) is 0 Å². The lowest BCUT2D eigenvalue weighted by Gasteiger charge is -2.13. The zero-order valence-electron chi connectivity index (χ0n) is 21.5. The fourth-order valence-corrected chi connectivity index (χ4v) is 7.45.